The molecule has 0 radical (unpaired) electrons. The van der Waals surface area contributed by atoms with Crippen LogP contribution in [0.1, 0.15) is 21.5 Å². The van der Waals surface area contributed by atoms with E-state index in [-0.39, 0.29) is 5.56 Å². The molecule has 0 spiro atoms. The van der Waals surface area contributed by atoms with Gasteiger partial charge in [-0.15, -0.1) is 0 Å². The van der Waals surface area contributed by atoms with Crippen molar-refractivity contribution in [3.8, 4) is 11.1 Å². The fourth-order valence-corrected chi connectivity index (χ4v) is 3.92. The van der Waals surface area contributed by atoms with Crippen molar-refractivity contribution in [1.82, 2.24) is 10.3 Å². The van der Waals surface area contributed by atoms with E-state index >= 15 is 4.39 Å². The van der Waals surface area contributed by atoms with Crippen molar-refractivity contribution >= 4 is 27.7 Å². The molecular weight excluding hydrogens is 329 g/mol. The number of para-hydroxylation sites is 1. The Morgan fingerprint density at radius 3 is 2.69 bits per heavy atom. The Hall–Kier alpha value is -3.18. The van der Waals surface area contributed by atoms with Gasteiger partial charge in [-0.25, -0.2) is 4.39 Å². The second-order valence-electron chi connectivity index (χ2n) is 6.65. The van der Waals surface area contributed by atoms with Crippen LogP contribution >= 0.6 is 0 Å². The number of amides is 1. The van der Waals surface area contributed by atoms with E-state index in [1.54, 1.807) is 0 Å². The van der Waals surface area contributed by atoms with Crippen LogP contribution in [0.25, 0.3) is 32.9 Å². The Morgan fingerprint density at radius 2 is 1.85 bits per heavy atom. The Bertz CT molecular complexity index is 1210. The highest BCUT2D eigenvalue weighted by atomic mass is 19.1. The molecule has 0 fully saturated rings. The number of primary amides is 1. The van der Waals surface area contributed by atoms with Crippen LogP contribution in [-0.4, -0.2) is 10.9 Å². The lowest BCUT2D eigenvalue weighted by atomic mass is 9.94. The van der Waals surface area contributed by atoms with E-state index < -0.39 is 11.7 Å². The molecule has 26 heavy (non-hydrogen) atoms. The second-order valence-corrected chi connectivity index (χ2v) is 6.65. The number of aromatic nitrogens is 1. The number of aromatic amines is 1. The summed E-state index contributed by atoms with van der Waals surface area (Å²) in [6.45, 7) is 1.61. The zero-order valence-corrected chi connectivity index (χ0v) is 13.9. The third-order valence-electron chi connectivity index (χ3n) is 5.13. The number of benzene rings is 3. The van der Waals surface area contributed by atoms with Gasteiger partial charge in [-0.3, -0.25) is 4.79 Å². The first-order valence-corrected chi connectivity index (χ1v) is 8.49. The largest absolute Gasteiger partial charge is 0.366 e. The van der Waals surface area contributed by atoms with Gasteiger partial charge in [0.15, 0.2) is 0 Å². The number of hydrogen-bond acceptors (Lipinski definition) is 2. The summed E-state index contributed by atoms with van der Waals surface area (Å²) in [5.41, 5.74) is 10.8. The molecule has 4 nitrogen and oxygen atoms in total. The molecule has 5 heteroatoms. The van der Waals surface area contributed by atoms with Crippen LogP contribution in [0.4, 0.5) is 4.39 Å². The number of halogens is 1. The molecule has 0 aliphatic carbocycles. The highest BCUT2D eigenvalue weighted by Crippen LogP contribution is 2.39. The van der Waals surface area contributed by atoms with Gasteiger partial charge in [0, 0.05) is 34.9 Å². The van der Waals surface area contributed by atoms with E-state index in [2.05, 4.69) is 10.3 Å². The van der Waals surface area contributed by atoms with E-state index in [0.29, 0.717) is 16.5 Å². The van der Waals surface area contributed by atoms with E-state index in [0.717, 1.165) is 29.6 Å². The van der Waals surface area contributed by atoms with Crippen molar-refractivity contribution in [2.75, 3.05) is 0 Å². The van der Waals surface area contributed by atoms with Crippen LogP contribution in [0.5, 0.6) is 0 Å². The topological polar surface area (TPSA) is 70.9 Å². The van der Waals surface area contributed by atoms with Gasteiger partial charge in [0.2, 0.25) is 0 Å². The Kier molecular flexibility index (Phi) is 3.14. The highest BCUT2D eigenvalue weighted by molar-refractivity contribution is 6.19. The first-order valence-electron chi connectivity index (χ1n) is 8.49. The number of hydrogen-bond donors (Lipinski definition) is 3. The summed E-state index contributed by atoms with van der Waals surface area (Å²) in [5, 5.41) is 4.87. The smallest absolute Gasteiger partial charge is 0.250 e. The van der Waals surface area contributed by atoms with Crippen molar-refractivity contribution in [3.63, 3.8) is 0 Å². The second kappa shape index (κ2) is 5.41. The maximum atomic E-state index is 15.1. The van der Waals surface area contributed by atoms with E-state index in [1.807, 2.05) is 42.5 Å². The minimum atomic E-state index is -0.648. The number of fused-ring (bicyclic) bond motifs is 4. The third kappa shape index (κ3) is 2.07. The predicted molar refractivity (Wildman–Crippen MR) is 100 cm³/mol. The van der Waals surface area contributed by atoms with Crippen LogP contribution in [0.15, 0.2) is 48.5 Å². The quantitative estimate of drug-likeness (QED) is 0.517. The van der Waals surface area contributed by atoms with Crippen molar-refractivity contribution in [2.24, 2.45) is 5.73 Å². The summed E-state index contributed by atoms with van der Waals surface area (Å²) < 4.78 is 15.1. The van der Waals surface area contributed by atoms with Crippen molar-refractivity contribution in [3.05, 3.63) is 71.0 Å². The number of H-pyrrole nitrogens is 1. The van der Waals surface area contributed by atoms with Gasteiger partial charge >= 0.3 is 0 Å². The van der Waals surface area contributed by atoms with Crippen LogP contribution in [0.3, 0.4) is 0 Å². The summed E-state index contributed by atoms with van der Waals surface area (Å²) in [6.07, 6.45) is 0. The minimum absolute atomic E-state index is 0.167. The standard InChI is InChI=1S/C21H16FN3O/c22-16-8-15(21(23)26)20-19(14-3-1-2-4-17(14)25-20)18(16)11-5-6-12-9-24-10-13(12)7-11/h1-8,24-25H,9-10H2,(H2,23,26). The molecule has 128 valence electrons. The maximum Gasteiger partial charge on any atom is 0.250 e. The molecule has 0 bridgehead atoms. The van der Waals surface area contributed by atoms with Crippen LogP contribution in [0.2, 0.25) is 0 Å². The average Bonchev–Trinajstić information content (AvgIpc) is 3.24. The van der Waals surface area contributed by atoms with Crippen LogP contribution < -0.4 is 11.1 Å². The Morgan fingerprint density at radius 1 is 1.04 bits per heavy atom. The molecule has 0 atom stereocenters. The van der Waals surface area contributed by atoms with Gasteiger partial charge in [-0.1, -0.05) is 30.3 Å². The number of carbonyl (C=O) groups is 1. The molecule has 0 saturated heterocycles. The zero-order valence-electron chi connectivity index (χ0n) is 13.9. The van der Waals surface area contributed by atoms with Gasteiger partial charge in [-0.05, 0) is 34.9 Å². The molecule has 1 amide bonds. The molecule has 4 aromatic rings. The van der Waals surface area contributed by atoms with Gasteiger partial charge in [0.25, 0.3) is 5.91 Å². The lowest BCUT2D eigenvalue weighted by Gasteiger charge is -2.10. The Balaban J connectivity index is 1.92. The molecule has 1 aliphatic rings. The average molecular weight is 345 g/mol. The molecule has 0 saturated carbocycles. The first kappa shape index (κ1) is 15.1. The van der Waals surface area contributed by atoms with Crippen LogP contribution in [-0.2, 0) is 13.1 Å². The molecule has 5 rings (SSSR count). The summed E-state index contributed by atoms with van der Waals surface area (Å²) >= 11 is 0. The normalized spacial score (nSPS) is 13.4. The van der Waals surface area contributed by atoms with Crippen LogP contribution in [0, 0.1) is 5.82 Å². The predicted octanol–water partition coefficient (Wildman–Crippen LogP) is 3.83. The number of nitrogens with two attached hydrogens (primary N) is 1. The van der Waals surface area contributed by atoms with Crippen molar-refractivity contribution < 1.29 is 9.18 Å². The minimum Gasteiger partial charge on any atom is -0.366 e. The fourth-order valence-electron chi connectivity index (χ4n) is 3.92. The van der Waals surface area contributed by atoms with E-state index in [1.165, 1.54) is 17.2 Å². The zero-order chi connectivity index (χ0) is 17.8. The summed E-state index contributed by atoms with van der Waals surface area (Å²) in [7, 11) is 0. The van der Waals surface area contributed by atoms with Gasteiger partial charge in [0.05, 0.1) is 11.1 Å². The lowest BCUT2D eigenvalue weighted by Crippen LogP contribution is -2.12. The van der Waals surface area contributed by atoms with Crippen molar-refractivity contribution in [2.45, 2.75) is 13.1 Å². The molecule has 1 aliphatic heterocycles. The third-order valence-corrected chi connectivity index (χ3v) is 5.13. The SMILES string of the molecule is NC(=O)c1cc(F)c(-c2ccc3c(c2)CNC3)c2c1[nH]c1ccccc12. The van der Waals surface area contributed by atoms with Crippen molar-refractivity contribution in [1.29, 1.82) is 0 Å². The van der Waals surface area contributed by atoms with E-state index in [9.17, 15) is 4.79 Å². The van der Waals surface area contributed by atoms with E-state index in [4.69, 9.17) is 5.73 Å². The number of rotatable bonds is 2. The van der Waals surface area contributed by atoms with Gasteiger partial charge < -0.3 is 16.0 Å². The number of carbonyl (C=O) groups excluding carboxylic acids is 1. The molecular formula is C21H16FN3O. The summed E-state index contributed by atoms with van der Waals surface area (Å²) in [4.78, 5) is 15.1. The summed E-state index contributed by atoms with van der Waals surface area (Å²) in [5.74, 6) is -1.09. The molecule has 4 N–H and O–H groups in total. The summed E-state index contributed by atoms with van der Waals surface area (Å²) in [6, 6.07) is 14.9. The number of nitrogens with one attached hydrogen (secondary N) is 2. The molecule has 0 unspecified atom stereocenters. The molecule has 1 aromatic heterocycles. The van der Waals surface area contributed by atoms with Gasteiger partial charge in [-0.2, -0.15) is 0 Å². The monoisotopic (exact) mass is 345 g/mol. The molecule has 2 heterocycles. The Labute approximate surface area is 148 Å². The van der Waals surface area contributed by atoms with Gasteiger partial charge in [0.1, 0.15) is 5.82 Å². The maximum absolute atomic E-state index is 15.1. The lowest BCUT2D eigenvalue weighted by molar-refractivity contribution is 0.100. The highest BCUT2D eigenvalue weighted by Gasteiger charge is 2.21. The fraction of sp³-hybridized carbons (Fsp3) is 0.0952. The first-order chi connectivity index (χ1) is 12.6. The molecule has 3 aromatic carbocycles.